The second-order valence-corrected chi connectivity index (χ2v) is 7.27. The summed E-state index contributed by atoms with van der Waals surface area (Å²) in [4.78, 5) is 12.5. The molecule has 0 radical (unpaired) electrons. The molecule has 152 valence electrons. The molecule has 0 spiro atoms. The van der Waals surface area contributed by atoms with Crippen molar-refractivity contribution < 1.29 is 9.53 Å². The lowest BCUT2D eigenvalue weighted by Gasteiger charge is -2.12. The molecule has 0 aliphatic rings. The summed E-state index contributed by atoms with van der Waals surface area (Å²) in [6.07, 6.45) is 0.871. The van der Waals surface area contributed by atoms with E-state index in [1.165, 1.54) is 11.8 Å². The van der Waals surface area contributed by atoms with Crippen molar-refractivity contribution in [1.29, 1.82) is 0 Å². The number of para-hydroxylation sites is 2. The topological polar surface area (TPSA) is 69.0 Å². The van der Waals surface area contributed by atoms with Gasteiger partial charge in [0, 0.05) is 12.2 Å². The highest BCUT2D eigenvalue weighted by Crippen LogP contribution is 2.31. The summed E-state index contributed by atoms with van der Waals surface area (Å²) < 4.78 is 7.74. The van der Waals surface area contributed by atoms with Crippen LogP contribution in [0.25, 0.3) is 11.4 Å². The van der Waals surface area contributed by atoms with Crippen molar-refractivity contribution in [1.82, 2.24) is 14.8 Å². The highest BCUT2D eigenvalue weighted by atomic mass is 32.2. The molecule has 29 heavy (non-hydrogen) atoms. The average molecular weight is 411 g/mol. The molecule has 0 bridgehead atoms. The predicted molar refractivity (Wildman–Crippen MR) is 117 cm³/mol. The van der Waals surface area contributed by atoms with E-state index in [1.54, 1.807) is 0 Å². The molecule has 6 nitrogen and oxygen atoms in total. The van der Waals surface area contributed by atoms with Crippen molar-refractivity contribution >= 4 is 23.4 Å². The minimum atomic E-state index is -0.0576. The Labute approximate surface area is 175 Å². The summed E-state index contributed by atoms with van der Waals surface area (Å²) in [5.41, 5.74) is 2.89. The summed E-state index contributed by atoms with van der Waals surface area (Å²) in [5, 5.41) is 12.4. The lowest BCUT2D eigenvalue weighted by atomic mass is 10.1. The van der Waals surface area contributed by atoms with Crippen LogP contribution in [0.5, 0.6) is 5.75 Å². The number of ether oxygens (including phenoxy) is 1. The maximum Gasteiger partial charge on any atom is 0.234 e. The number of nitrogens with zero attached hydrogens (tertiary/aromatic N) is 3. The van der Waals surface area contributed by atoms with E-state index >= 15 is 0 Å². The smallest absolute Gasteiger partial charge is 0.234 e. The molecule has 2 aromatic carbocycles. The fourth-order valence-electron chi connectivity index (χ4n) is 3.08. The zero-order valence-electron chi connectivity index (χ0n) is 17.0. The number of carbonyl (C=O) groups is 1. The molecular weight excluding hydrogens is 384 g/mol. The Morgan fingerprint density at radius 3 is 2.59 bits per heavy atom. The number of anilines is 1. The van der Waals surface area contributed by atoms with Crippen molar-refractivity contribution in [2.45, 2.75) is 38.9 Å². The van der Waals surface area contributed by atoms with E-state index in [-0.39, 0.29) is 11.7 Å². The Morgan fingerprint density at radius 1 is 1.07 bits per heavy atom. The molecular formula is C22H26N4O2S. The van der Waals surface area contributed by atoms with Crippen molar-refractivity contribution in [3.05, 3.63) is 54.1 Å². The molecule has 1 N–H and O–H groups in total. The molecule has 3 aromatic rings. The maximum absolute atomic E-state index is 12.5. The first kappa shape index (κ1) is 20.9. The predicted octanol–water partition coefficient (Wildman–Crippen LogP) is 4.66. The van der Waals surface area contributed by atoms with E-state index in [4.69, 9.17) is 4.74 Å². The summed E-state index contributed by atoms with van der Waals surface area (Å²) >= 11 is 1.38. The first-order valence-electron chi connectivity index (χ1n) is 9.83. The first-order chi connectivity index (χ1) is 14.2. The number of hydrogen-bond donors (Lipinski definition) is 1. The number of thioether (sulfide) groups is 1. The van der Waals surface area contributed by atoms with Gasteiger partial charge in [-0.2, -0.15) is 0 Å². The Balaban J connectivity index is 1.73. The van der Waals surface area contributed by atoms with Crippen LogP contribution in [0.4, 0.5) is 5.69 Å². The fourth-order valence-corrected chi connectivity index (χ4v) is 3.88. The number of hydrogen-bond acceptors (Lipinski definition) is 5. The zero-order valence-corrected chi connectivity index (χ0v) is 17.8. The summed E-state index contributed by atoms with van der Waals surface area (Å²) in [6, 6.07) is 15.7. The Kier molecular flexibility index (Phi) is 7.30. The molecule has 1 heterocycles. The number of benzene rings is 2. The lowest BCUT2D eigenvalue weighted by molar-refractivity contribution is -0.113. The first-order valence-corrected chi connectivity index (χ1v) is 10.8. The van der Waals surface area contributed by atoms with Gasteiger partial charge >= 0.3 is 0 Å². The van der Waals surface area contributed by atoms with Crippen LogP contribution in [-0.4, -0.2) is 33.0 Å². The molecule has 0 aliphatic heterocycles. The standard InChI is InChI=1S/C22H26N4O2S/c1-4-16-11-7-9-13-18(16)23-20(27)15-29-22-25-24-21(26(22)5-2)17-12-8-10-14-19(17)28-6-3/h7-14H,4-6,15H2,1-3H3,(H,23,27). The highest BCUT2D eigenvalue weighted by molar-refractivity contribution is 7.99. The highest BCUT2D eigenvalue weighted by Gasteiger charge is 2.17. The van der Waals surface area contributed by atoms with Crippen LogP contribution >= 0.6 is 11.8 Å². The van der Waals surface area contributed by atoms with Gasteiger partial charge in [0.05, 0.1) is 17.9 Å². The maximum atomic E-state index is 12.5. The van der Waals surface area contributed by atoms with Gasteiger partial charge in [0.25, 0.3) is 0 Å². The van der Waals surface area contributed by atoms with E-state index in [0.717, 1.165) is 34.8 Å². The largest absolute Gasteiger partial charge is 0.493 e. The van der Waals surface area contributed by atoms with E-state index in [2.05, 4.69) is 22.4 Å². The third-order valence-electron chi connectivity index (χ3n) is 4.47. The molecule has 0 unspecified atom stereocenters. The third kappa shape index (κ3) is 4.98. The van der Waals surface area contributed by atoms with Crippen LogP contribution < -0.4 is 10.1 Å². The summed E-state index contributed by atoms with van der Waals surface area (Å²) in [7, 11) is 0. The summed E-state index contributed by atoms with van der Waals surface area (Å²) in [6.45, 7) is 7.35. The number of aryl methyl sites for hydroxylation is 1. The number of aromatic nitrogens is 3. The van der Waals surface area contributed by atoms with Crippen molar-refractivity contribution in [2.24, 2.45) is 0 Å². The van der Waals surface area contributed by atoms with Gasteiger partial charge in [0.1, 0.15) is 5.75 Å². The van der Waals surface area contributed by atoms with Gasteiger partial charge in [-0.15, -0.1) is 10.2 Å². The molecule has 1 amide bonds. The second-order valence-electron chi connectivity index (χ2n) is 6.33. The van der Waals surface area contributed by atoms with Gasteiger partial charge in [-0.1, -0.05) is 49.0 Å². The average Bonchev–Trinajstić information content (AvgIpc) is 3.16. The van der Waals surface area contributed by atoms with Gasteiger partial charge in [0.2, 0.25) is 5.91 Å². The van der Waals surface area contributed by atoms with Gasteiger partial charge < -0.3 is 14.6 Å². The molecule has 0 atom stereocenters. The van der Waals surface area contributed by atoms with Crippen LogP contribution in [0.1, 0.15) is 26.3 Å². The number of amides is 1. The third-order valence-corrected chi connectivity index (χ3v) is 5.43. The number of carbonyl (C=O) groups excluding carboxylic acids is 1. The van der Waals surface area contributed by atoms with Crippen molar-refractivity contribution in [3.8, 4) is 17.1 Å². The molecule has 0 fully saturated rings. The molecule has 0 saturated heterocycles. The van der Waals surface area contributed by atoms with Crippen molar-refractivity contribution in [3.63, 3.8) is 0 Å². The Hall–Kier alpha value is -2.80. The number of rotatable bonds is 9. The van der Waals surface area contributed by atoms with Gasteiger partial charge in [-0.3, -0.25) is 4.79 Å². The Morgan fingerprint density at radius 2 is 1.83 bits per heavy atom. The van der Waals surface area contributed by atoms with E-state index in [0.29, 0.717) is 18.3 Å². The monoisotopic (exact) mass is 410 g/mol. The van der Waals surface area contributed by atoms with E-state index in [9.17, 15) is 4.79 Å². The van der Waals surface area contributed by atoms with Gasteiger partial charge in [-0.05, 0) is 44.0 Å². The van der Waals surface area contributed by atoms with Gasteiger partial charge in [0.15, 0.2) is 11.0 Å². The normalized spacial score (nSPS) is 10.7. The van der Waals surface area contributed by atoms with E-state index < -0.39 is 0 Å². The van der Waals surface area contributed by atoms with Crippen LogP contribution in [0.3, 0.4) is 0 Å². The second kappa shape index (κ2) is 10.1. The van der Waals surface area contributed by atoms with Crippen molar-refractivity contribution in [2.75, 3.05) is 17.7 Å². The van der Waals surface area contributed by atoms with Crippen LogP contribution in [0, 0.1) is 0 Å². The van der Waals surface area contributed by atoms with Crippen LogP contribution in [0.2, 0.25) is 0 Å². The quantitative estimate of drug-likeness (QED) is 0.520. The fraction of sp³-hybridized carbons (Fsp3) is 0.318. The molecule has 3 rings (SSSR count). The Bertz CT molecular complexity index is 971. The minimum absolute atomic E-state index is 0.0576. The summed E-state index contributed by atoms with van der Waals surface area (Å²) in [5.74, 6) is 1.74. The van der Waals surface area contributed by atoms with Crippen LogP contribution in [0.15, 0.2) is 53.7 Å². The SMILES string of the molecule is CCOc1ccccc1-c1nnc(SCC(=O)Nc2ccccc2CC)n1CC. The molecule has 0 saturated carbocycles. The lowest BCUT2D eigenvalue weighted by Crippen LogP contribution is -2.15. The molecule has 7 heteroatoms. The molecule has 1 aromatic heterocycles. The van der Waals surface area contributed by atoms with Crippen LogP contribution in [-0.2, 0) is 17.8 Å². The van der Waals surface area contributed by atoms with E-state index in [1.807, 2.05) is 66.9 Å². The van der Waals surface area contributed by atoms with Gasteiger partial charge in [-0.25, -0.2) is 0 Å². The molecule has 0 aliphatic carbocycles. The number of nitrogens with one attached hydrogen (secondary N) is 1. The minimum Gasteiger partial charge on any atom is -0.493 e. The zero-order chi connectivity index (χ0) is 20.6.